The van der Waals surface area contributed by atoms with Gasteiger partial charge >= 0.3 is 0 Å². The van der Waals surface area contributed by atoms with E-state index in [-0.39, 0.29) is 5.91 Å². The molecule has 1 fully saturated rings. The topological polar surface area (TPSA) is 77.0 Å². The van der Waals surface area contributed by atoms with Gasteiger partial charge in [-0.05, 0) is 50.3 Å². The highest BCUT2D eigenvalue weighted by Crippen LogP contribution is 2.31. The average Bonchev–Trinajstić information content (AvgIpc) is 2.81. The Morgan fingerprint density at radius 3 is 2.92 bits per heavy atom. The predicted octanol–water partition coefficient (Wildman–Crippen LogP) is 2.39. The molecule has 0 spiro atoms. The largest absolute Gasteiger partial charge is 0.369 e. The van der Waals surface area contributed by atoms with Gasteiger partial charge in [-0.3, -0.25) is 14.4 Å². The highest BCUT2D eigenvalue weighted by molar-refractivity contribution is 5.80. The second kappa shape index (κ2) is 6.75. The van der Waals surface area contributed by atoms with E-state index >= 15 is 0 Å². The number of nitrogens with zero attached hydrogens (tertiary/aromatic N) is 4. The number of aromatic nitrogens is 3. The molecule has 3 rings (SSSR count). The highest BCUT2D eigenvalue weighted by Gasteiger charge is 2.31. The van der Waals surface area contributed by atoms with Crippen LogP contribution in [0.25, 0.3) is 11.0 Å². The summed E-state index contributed by atoms with van der Waals surface area (Å²) in [6.45, 7) is 8.94. The van der Waals surface area contributed by atoms with Crippen LogP contribution >= 0.6 is 0 Å². The fourth-order valence-electron chi connectivity index (χ4n) is 3.98. The predicted molar refractivity (Wildman–Crippen MR) is 98.8 cm³/mol. The zero-order valence-corrected chi connectivity index (χ0v) is 15.7. The monoisotopic (exact) mass is 343 g/mol. The molecular formula is C19H29N5O. The molecule has 2 N–H and O–H groups in total. The van der Waals surface area contributed by atoms with E-state index < -0.39 is 5.41 Å². The van der Waals surface area contributed by atoms with Crippen LogP contribution < -0.4 is 5.73 Å². The number of carbonyl (C=O) groups is 1. The summed E-state index contributed by atoms with van der Waals surface area (Å²) in [7, 11) is 1.93. The van der Waals surface area contributed by atoms with Crippen molar-refractivity contribution >= 4 is 16.9 Å². The van der Waals surface area contributed by atoms with E-state index in [1.165, 1.54) is 18.4 Å². The normalized spacial score (nSPS) is 19.4. The lowest BCUT2D eigenvalue weighted by molar-refractivity contribution is -0.127. The van der Waals surface area contributed by atoms with Gasteiger partial charge in [-0.1, -0.05) is 13.8 Å². The molecule has 1 aliphatic rings. The van der Waals surface area contributed by atoms with E-state index in [0.29, 0.717) is 5.92 Å². The minimum Gasteiger partial charge on any atom is -0.369 e. The van der Waals surface area contributed by atoms with Crippen molar-refractivity contribution in [1.29, 1.82) is 0 Å². The van der Waals surface area contributed by atoms with Crippen molar-refractivity contribution in [3.63, 3.8) is 0 Å². The summed E-state index contributed by atoms with van der Waals surface area (Å²) in [6.07, 6.45) is 5.16. The Kier molecular flexibility index (Phi) is 4.82. The van der Waals surface area contributed by atoms with Gasteiger partial charge in [-0.15, -0.1) is 0 Å². The Hall–Kier alpha value is -1.95. The molecule has 1 saturated heterocycles. The van der Waals surface area contributed by atoms with Crippen LogP contribution in [-0.4, -0.2) is 38.7 Å². The minimum atomic E-state index is -0.430. The fourth-order valence-corrected chi connectivity index (χ4v) is 3.98. The van der Waals surface area contributed by atoms with E-state index in [1.807, 2.05) is 38.7 Å². The maximum Gasteiger partial charge on any atom is 0.223 e. The Labute approximate surface area is 149 Å². The maximum absolute atomic E-state index is 11.6. The molecule has 2 aromatic rings. The Morgan fingerprint density at radius 2 is 2.20 bits per heavy atom. The molecule has 1 aliphatic heterocycles. The quantitative estimate of drug-likeness (QED) is 0.904. The van der Waals surface area contributed by atoms with Crippen LogP contribution in [0.5, 0.6) is 0 Å². The molecule has 0 radical (unpaired) electrons. The van der Waals surface area contributed by atoms with E-state index in [4.69, 9.17) is 5.73 Å². The molecule has 0 bridgehead atoms. The van der Waals surface area contributed by atoms with Gasteiger partial charge in [0.05, 0.1) is 5.69 Å². The molecule has 0 saturated carbocycles. The first kappa shape index (κ1) is 17.9. The van der Waals surface area contributed by atoms with Crippen LogP contribution in [0.2, 0.25) is 0 Å². The van der Waals surface area contributed by atoms with Crippen molar-refractivity contribution in [2.75, 3.05) is 13.1 Å². The number of hydrogen-bond acceptors (Lipinski definition) is 4. The lowest BCUT2D eigenvalue weighted by Crippen LogP contribution is -2.40. The van der Waals surface area contributed by atoms with E-state index in [2.05, 4.69) is 21.0 Å². The smallest absolute Gasteiger partial charge is 0.223 e. The van der Waals surface area contributed by atoms with Crippen LogP contribution in [0.1, 0.15) is 44.4 Å². The maximum atomic E-state index is 11.6. The molecule has 1 unspecified atom stereocenters. The number of pyridine rings is 1. The Bertz CT molecular complexity index is 779. The third-order valence-electron chi connectivity index (χ3n) is 5.39. The SMILES string of the molecule is Cc1nn(C)c2ncc(CN3CCCC(CC(C)(C)C(N)=O)C3)cc12. The van der Waals surface area contributed by atoms with Gasteiger partial charge in [0.1, 0.15) is 0 Å². The highest BCUT2D eigenvalue weighted by atomic mass is 16.1. The van der Waals surface area contributed by atoms with Gasteiger partial charge in [0.2, 0.25) is 5.91 Å². The summed E-state index contributed by atoms with van der Waals surface area (Å²) in [6, 6.07) is 2.21. The molecule has 1 amide bonds. The van der Waals surface area contributed by atoms with E-state index in [1.54, 1.807) is 0 Å². The molecule has 3 heterocycles. The first-order chi connectivity index (χ1) is 11.8. The van der Waals surface area contributed by atoms with Gasteiger partial charge in [-0.2, -0.15) is 5.10 Å². The van der Waals surface area contributed by atoms with Gasteiger partial charge in [0.15, 0.2) is 5.65 Å². The Balaban J connectivity index is 1.68. The van der Waals surface area contributed by atoms with E-state index in [0.717, 1.165) is 42.8 Å². The minimum absolute atomic E-state index is 0.202. The van der Waals surface area contributed by atoms with Crippen LogP contribution in [-0.2, 0) is 18.4 Å². The molecule has 6 nitrogen and oxygen atoms in total. The lowest BCUT2D eigenvalue weighted by Gasteiger charge is -2.36. The number of fused-ring (bicyclic) bond motifs is 1. The second-order valence-electron chi connectivity index (χ2n) is 8.12. The zero-order valence-electron chi connectivity index (χ0n) is 15.7. The zero-order chi connectivity index (χ0) is 18.2. The van der Waals surface area contributed by atoms with Crippen LogP contribution in [0.4, 0.5) is 0 Å². The van der Waals surface area contributed by atoms with Crippen molar-refractivity contribution in [1.82, 2.24) is 19.7 Å². The number of piperidine rings is 1. The first-order valence-electron chi connectivity index (χ1n) is 9.07. The van der Waals surface area contributed by atoms with Gasteiger partial charge in [0, 0.05) is 37.1 Å². The fraction of sp³-hybridized carbons (Fsp3) is 0.632. The summed E-state index contributed by atoms with van der Waals surface area (Å²) in [5.41, 5.74) is 8.29. The third-order valence-corrected chi connectivity index (χ3v) is 5.39. The number of rotatable bonds is 5. The Morgan fingerprint density at radius 1 is 1.44 bits per heavy atom. The van der Waals surface area contributed by atoms with Crippen molar-refractivity contribution < 1.29 is 4.79 Å². The van der Waals surface area contributed by atoms with Gasteiger partial charge < -0.3 is 5.73 Å². The van der Waals surface area contributed by atoms with Crippen LogP contribution in [0, 0.1) is 18.3 Å². The number of hydrogen-bond donors (Lipinski definition) is 1. The van der Waals surface area contributed by atoms with Crippen molar-refractivity contribution in [2.45, 2.75) is 46.6 Å². The summed E-state index contributed by atoms with van der Waals surface area (Å²) in [5.74, 6) is 0.319. The molecular weight excluding hydrogens is 314 g/mol. The molecule has 25 heavy (non-hydrogen) atoms. The number of primary amides is 1. The standard InChI is InChI=1S/C19H29N5O/c1-13-16-8-15(10-21-17(16)23(4)22-13)12-24-7-5-6-14(11-24)9-19(2,3)18(20)25/h8,10,14H,5-7,9,11-12H2,1-4H3,(H2,20,25). The molecule has 1 atom stereocenters. The van der Waals surface area contributed by atoms with E-state index in [9.17, 15) is 4.79 Å². The number of carbonyl (C=O) groups excluding carboxylic acids is 1. The first-order valence-corrected chi connectivity index (χ1v) is 9.07. The summed E-state index contributed by atoms with van der Waals surface area (Å²) >= 11 is 0. The van der Waals surface area contributed by atoms with Gasteiger partial charge in [0.25, 0.3) is 0 Å². The molecule has 0 aromatic carbocycles. The van der Waals surface area contributed by atoms with Crippen LogP contribution in [0.15, 0.2) is 12.3 Å². The number of aryl methyl sites for hydroxylation is 2. The molecule has 0 aliphatic carbocycles. The van der Waals surface area contributed by atoms with Crippen molar-refractivity contribution in [3.8, 4) is 0 Å². The third kappa shape index (κ3) is 3.84. The molecule has 2 aromatic heterocycles. The van der Waals surface area contributed by atoms with Crippen molar-refractivity contribution in [3.05, 3.63) is 23.5 Å². The average molecular weight is 343 g/mol. The number of amides is 1. The van der Waals surface area contributed by atoms with Gasteiger partial charge in [-0.25, -0.2) is 4.98 Å². The van der Waals surface area contributed by atoms with Crippen LogP contribution in [0.3, 0.4) is 0 Å². The second-order valence-corrected chi connectivity index (χ2v) is 8.12. The number of likely N-dealkylation sites (tertiary alicyclic amines) is 1. The molecule has 6 heteroatoms. The molecule has 136 valence electrons. The number of nitrogens with two attached hydrogens (primary N) is 1. The summed E-state index contributed by atoms with van der Waals surface area (Å²) < 4.78 is 1.83. The summed E-state index contributed by atoms with van der Waals surface area (Å²) in [5, 5.41) is 5.57. The van der Waals surface area contributed by atoms with Crippen molar-refractivity contribution in [2.24, 2.45) is 24.1 Å². The lowest BCUT2D eigenvalue weighted by atomic mass is 9.79. The summed E-state index contributed by atoms with van der Waals surface area (Å²) in [4.78, 5) is 18.7.